The summed E-state index contributed by atoms with van der Waals surface area (Å²) in [5, 5.41) is 1.81. The molecule has 1 fully saturated rings. The fourth-order valence-corrected chi connectivity index (χ4v) is 4.36. The first-order chi connectivity index (χ1) is 17.1. The molecular formula is C26H29N5O4. The second kappa shape index (κ2) is 10.2. The maximum atomic E-state index is 11.5. The van der Waals surface area contributed by atoms with Gasteiger partial charge in [0, 0.05) is 62.8 Å². The van der Waals surface area contributed by atoms with Crippen LogP contribution in [0.15, 0.2) is 48.9 Å². The molecule has 35 heavy (non-hydrogen) atoms. The first-order valence-electron chi connectivity index (χ1n) is 11.8. The Kier molecular flexibility index (Phi) is 6.67. The van der Waals surface area contributed by atoms with Crippen molar-refractivity contribution in [3.8, 4) is 23.1 Å². The second-order valence-electron chi connectivity index (χ2n) is 8.58. The number of H-pyrrole nitrogens is 1. The summed E-state index contributed by atoms with van der Waals surface area (Å²) in [7, 11) is 1.62. The third-order valence-corrected chi connectivity index (χ3v) is 6.32. The lowest BCUT2D eigenvalue weighted by molar-refractivity contribution is -0.130. The minimum Gasteiger partial charge on any atom is -0.493 e. The number of piperazine rings is 1. The second-order valence-corrected chi connectivity index (χ2v) is 8.58. The van der Waals surface area contributed by atoms with E-state index in [2.05, 4.69) is 19.9 Å². The van der Waals surface area contributed by atoms with E-state index < -0.39 is 0 Å². The maximum Gasteiger partial charge on any atom is 0.230 e. The summed E-state index contributed by atoms with van der Waals surface area (Å²) in [5.41, 5.74) is 1.76. The molecule has 2 aromatic heterocycles. The summed E-state index contributed by atoms with van der Waals surface area (Å²) in [4.78, 5) is 27.7. The number of amides is 1. The Bertz CT molecular complexity index is 1330. The quantitative estimate of drug-likeness (QED) is 0.387. The minimum absolute atomic E-state index is 0.149. The molecule has 3 heterocycles. The lowest BCUT2D eigenvalue weighted by atomic mass is 10.2. The molecule has 0 atom stereocenters. The van der Waals surface area contributed by atoms with Gasteiger partial charge in [0.2, 0.25) is 11.8 Å². The molecule has 4 aromatic rings. The Labute approximate surface area is 203 Å². The van der Waals surface area contributed by atoms with E-state index in [0.29, 0.717) is 35.3 Å². The Balaban J connectivity index is 1.24. The van der Waals surface area contributed by atoms with Crippen LogP contribution in [0.2, 0.25) is 0 Å². The summed E-state index contributed by atoms with van der Waals surface area (Å²) < 4.78 is 17.8. The zero-order valence-corrected chi connectivity index (χ0v) is 20.0. The van der Waals surface area contributed by atoms with Gasteiger partial charge in [-0.2, -0.15) is 0 Å². The van der Waals surface area contributed by atoms with Gasteiger partial charge in [-0.15, -0.1) is 0 Å². The van der Waals surface area contributed by atoms with Crippen LogP contribution in [-0.4, -0.2) is 77.1 Å². The van der Waals surface area contributed by atoms with Crippen molar-refractivity contribution < 1.29 is 19.0 Å². The van der Waals surface area contributed by atoms with Gasteiger partial charge in [0.25, 0.3) is 0 Å². The van der Waals surface area contributed by atoms with Crippen LogP contribution in [0.4, 0.5) is 0 Å². The monoisotopic (exact) mass is 475 g/mol. The summed E-state index contributed by atoms with van der Waals surface area (Å²) in [6.07, 6.45) is 4.26. The van der Waals surface area contributed by atoms with Gasteiger partial charge < -0.3 is 24.1 Å². The van der Waals surface area contributed by atoms with E-state index in [4.69, 9.17) is 14.2 Å². The smallest absolute Gasteiger partial charge is 0.230 e. The molecule has 0 spiro atoms. The van der Waals surface area contributed by atoms with E-state index in [9.17, 15) is 4.79 Å². The number of nitrogens with one attached hydrogen (secondary N) is 1. The Morgan fingerprint density at radius 1 is 1.06 bits per heavy atom. The number of hydrogen-bond acceptors (Lipinski definition) is 7. The highest BCUT2D eigenvalue weighted by atomic mass is 16.5. The molecule has 1 aliphatic heterocycles. The summed E-state index contributed by atoms with van der Waals surface area (Å²) in [6.45, 7) is 6.48. The zero-order chi connectivity index (χ0) is 24.2. The van der Waals surface area contributed by atoms with E-state index in [-0.39, 0.29) is 5.91 Å². The predicted molar refractivity (Wildman–Crippen MR) is 133 cm³/mol. The van der Waals surface area contributed by atoms with Crippen molar-refractivity contribution in [1.82, 2.24) is 24.8 Å². The number of nitrogens with zero attached hydrogens (tertiary/aromatic N) is 4. The number of aromatic nitrogens is 3. The largest absolute Gasteiger partial charge is 0.493 e. The molecule has 1 amide bonds. The number of benzene rings is 2. The van der Waals surface area contributed by atoms with Crippen LogP contribution in [0.25, 0.3) is 21.8 Å². The van der Waals surface area contributed by atoms with Gasteiger partial charge in [-0.05, 0) is 36.8 Å². The van der Waals surface area contributed by atoms with Crippen molar-refractivity contribution in [2.45, 2.75) is 13.3 Å². The summed E-state index contributed by atoms with van der Waals surface area (Å²) in [5.74, 6) is 2.54. The molecule has 0 bridgehead atoms. The number of hydrogen-bond donors (Lipinski definition) is 1. The lowest BCUT2D eigenvalue weighted by Gasteiger charge is -2.34. The molecule has 0 unspecified atom stereocenters. The SMILES string of the molecule is COc1cc2c(Oc3ccc4[nH]ccc4c3)ncnc2cc1OCCCN1CCN(C(C)=O)CC1. The van der Waals surface area contributed by atoms with Crippen LogP contribution in [0, 0.1) is 0 Å². The van der Waals surface area contributed by atoms with Gasteiger partial charge in [0.1, 0.15) is 12.1 Å². The topological polar surface area (TPSA) is 92.8 Å². The van der Waals surface area contributed by atoms with Crippen LogP contribution in [0.3, 0.4) is 0 Å². The molecule has 0 radical (unpaired) electrons. The predicted octanol–water partition coefficient (Wildman–Crippen LogP) is 3.85. The molecular weight excluding hydrogens is 446 g/mol. The first kappa shape index (κ1) is 22.9. The van der Waals surface area contributed by atoms with Crippen molar-refractivity contribution in [2.24, 2.45) is 0 Å². The molecule has 9 nitrogen and oxygen atoms in total. The molecule has 2 aromatic carbocycles. The highest BCUT2D eigenvalue weighted by Crippen LogP contribution is 2.36. The summed E-state index contributed by atoms with van der Waals surface area (Å²) in [6, 6.07) is 11.6. The average Bonchev–Trinajstić information content (AvgIpc) is 3.34. The third kappa shape index (κ3) is 5.14. The molecule has 1 aliphatic rings. The molecule has 5 rings (SSSR count). The Morgan fingerprint density at radius 2 is 1.91 bits per heavy atom. The number of rotatable bonds is 8. The number of carbonyl (C=O) groups is 1. The van der Waals surface area contributed by atoms with Gasteiger partial charge in [-0.3, -0.25) is 9.69 Å². The highest BCUT2D eigenvalue weighted by Gasteiger charge is 2.18. The van der Waals surface area contributed by atoms with Crippen LogP contribution >= 0.6 is 0 Å². The Hall–Kier alpha value is -3.85. The van der Waals surface area contributed by atoms with Gasteiger partial charge in [0.15, 0.2) is 11.5 Å². The van der Waals surface area contributed by atoms with E-state index in [1.807, 2.05) is 47.5 Å². The first-order valence-corrected chi connectivity index (χ1v) is 11.8. The van der Waals surface area contributed by atoms with Gasteiger partial charge in [0.05, 0.1) is 24.6 Å². The van der Waals surface area contributed by atoms with Crippen molar-refractivity contribution in [3.05, 3.63) is 48.9 Å². The van der Waals surface area contributed by atoms with Crippen LogP contribution in [-0.2, 0) is 4.79 Å². The summed E-state index contributed by atoms with van der Waals surface area (Å²) >= 11 is 0. The molecule has 0 aliphatic carbocycles. The average molecular weight is 476 g/mol. The molecule has 0 saturated carbocycles. The van der Waals surface area contributed by atoms with E-state index in [0.717, 1.165) is 55.4 Å². The molecule has 9 heteroatoms. The number of carbonyl (C=O) groups excluding carboxylic acids is 1. The highest BCUT2D eigenvalue weighted by molar-refractivity contribution is 5.87. The van der Waals surface area contributed by atoms with Gasteiger partial charge in [-0.25, -0.2) is 9.97 Å². The maximum absolute atomic E-state index is 11.5. The lowest BCUT2D eigenvalue weighted by Crippen LogP contribution is -2.48. The zero-order valence-electron chi connectivity index (χ0n) is 20.0. The molecule has 1 saturated heterocycles. The van der Waals surface area contributed by atoms with Crippen molar-refractivity contribution in [1.29, 1.82) is 0 Å². The minimum atomic E-state index is 0.149. The van der Waals surface area contributed by atoms with Crippen molar-refractivity contribution in [3.63, 3.8) is 0 Å². The van der Waals surface area contributed by atoms with Crippen LogP contribution < -0.4 is 14.2 Å². The third-order valence-electron chi connectivity index (χ3n) is 6.32. The fourth-order valence-electron chi connectivity index (χ4n) is 4.36. The van der Waals surface area contributed by atoms with E-state index >= 15 is 0 Å². The Morgan fingerprint density at radius 3 is 2.71 bits per heavy atom. The van der Waals surface area contributed by atoms with Crippen LogP contribution in [0.5, 0.6) is 23.1 Å². The number of aromatic amines is 1. The van der Waals surface area contributed by atoms with Gasteiger partial charge in [-0.1, -0.05) is 0 Å². The number of ether oxygens (including phenoxy) is 3. The van der Waals surface area contributed by atoms with E-state index in [1.165, 1.54) is 6.33 Å². The normalized spacial score (nSPS) is 14.4. The van der Waals surface area contributed by atoms with Crippen molar-refractivity contribution in [2.75, 3.05) is 46.4 Å². The number of fused-ring (bicyclic) bond motifs is 2. The van der Waals surface area contributed by atoms with Crippen molar-refractivity contribution >= 4 is 27.7 Å². The standard InChI is InChI=1S/C26H29N5O4/c1-18(32)31-11-9-30(10-12-31)8-3-13-34-25-16-23-21(15-24(25)33-2)26(29-17-28-23)35-20-4-5-22-19(14-20)6-7-27-22/h4-7,14-17,27H,3,8-13H2,1-2H3. The number of methoxy groups -OCH3 is 1. The van der Waals surface area contributed by atoms with Crippen LogP contribution in [0.1, 0.15) is 13.3 Å². The molecule has 1 N–H and O–H groups in total. The fraction of sp³-hybridized carbons (Fsp3) is 0.346. The van der Waals surface area contributed by atoms with Gasteiger partial charge >= 0.3 is 0 Å². The van der Waals surface area contributed by atoms with E-state index in [1.54, 1.807) is 14.0 Å². The molecule has 182 valence electrons.